The quantitative estimate of drug-likeness (QED) is 0.0588. The first-order valence-electron chi connectivity index (χ1n) is 25.7. The summed E-state index contributed by atoms with van der Waals surface area (Å²) in [6, 6.07) is 6.51. The molecule has 4 aromatic heterocycles. The summed E-state index contributed by atoms with van der Waals surface area (Å²) in [6.45, 7) is 18.9. The molecule has 10 rings (SSSR count). The fraction of sp³-hybridized carbons (Fsp3) is 0.418. The van der Waals surface area contributed by atoms with Gasteiger partial charge in [0.05, 0.1) is 70.6 Å². The van der Waals surface area contributed by atoms with Crippen LogP contribution < -0.4 is 22.9 Å². The lowest BCUT2D eigenvalue weighted by Crippen LogP contribution is -2.37. The van der Waals surface area contributed by atoms with E-state index in [-0.39, 0.29) is 75.8 Å². The van der Waals surface area contributed by atoms with Crippen molar-refractivity contribution in [3.05, 3.63) is 105 Å². The molecule has 2 saturated carbocycles. The number of anilines is 2. The number of nitrogens with zero attached hydrogens (tertiary/aromatic N) is 10. The van der Waals surface area contributed by atoms with Crippen molar-refractivity contribution in [1.82, 2.24) is 48.5 Å². The van der Waals surface area contributed by atoms with Gasteiger partial charge in [0.1, 0.15) is 58.7 Å². The number of likely N-dealkylation sites (tertiary alicyclic amines) is 2. The van der Waals surface area contributed by atoms with E-state index in [1.54, 1.807) is 42.2 Å². The number of benzene rings is 2. The van der Waals surface area contributed by atoms with Crippen LogP contribution in [-0.2, 0) is 19.1 Å². The number of halogens is 3. The van der Waals surface area contributed by atoms with Crippen LogP contribution >= 0.6 is 15.9 Å². The van der Waals surface area contributed by atoms with Gasteiger partial charge in [-0.2, -0.15) is 10.2 Å². The van der Waals surface area contributed by atoms with Crippen LogP contribution in [-0.4, -0.2) is 133 Å². The van der Waals surface area contributed by atoms with Gasteiger partial charge < -0.3 is 51.3 Å². The molecular formula is C55H65BrF2N14O6Si. The molecule has 20 nitrogen and oxygen atoms in total. The minimum atomic E-state index is -1.50. The van der Waals surface area contributed by atoms with Crippen LogP contribution in [0.15, 0.2) is 54.2 Å². The molecule has 0 bridgehead atoms. The van der Waals surface area contributed by atoms with Gasteiger partial charge in [0.2, 0.25) is 11.8 Å². The largest absolute Gasteiger partial charge is 0.383 e. The van der Waals surface area contributed by atoms with Gasteiger partial charge in [-0.05, 0) is 98.5 Å². The SMILES string of the molecule is C=CC(=O)N1C[C@@H](n2nc(Br)c(C(N)=O)c2N)C[C@@H]1COC.C=CC(=O)N1C[C@@H](n2nc(C#Cc3cc4nc(C)n(C5CC5)c4cc3F)c(C(N)=O)c2N)C[C@@H]1COC.Cc1nc2cc(C#C[Si](C)(C)C)c(F)cc2n1C1CC1. The molecule has 4 fully saturated rings. The fourth-order valence-corrected chi connectivity index (χ4v) is 11.3. The Morgan fingerprint density at radius 2 is 1.13 bits per heavy atom. The molecule has 4 amide bonds. The minimum absolute atomic E-state index is 0.0420. The summed E-state index contributed by atoms with van der Waals surface area (Å²) in [7, 11) is 1.63. The lowest BCUT2D eigenvalue weighted by molar-refractivity contribution is -0.128. The van der Waals surface area contributed by atoms with Crippen LogP contribution in [0, 0.1) is 48.8 Å². The zero-order valence-corrected chi connectivity index (χ0v) is 47.9. The van der Waals surface area contributed by atoms with Crippen molar-refractivity contribution in [3.63, 3.8) is 0 Å². The third-order valence-electron chi connectivity index (χ3n) is 14.1. The van der Waals surface area contributed by atoms with Crippen molar-refractivity contribution >= 4 is 81.3 Å². The summed E-state index contributed by atoms with van der Waals surface area (Å²) in [5, 5.41) is 8.68. The average Bonchev–Trinajstić information content (AvgIpc) is 4.25. The summed E-state index contributed by atoms with van der Waals surface area (Å²) in [4.78, 5) is 60.4. The molecule has 2 saturated heterocycles. The van der Waals surface area contributed by atoms with Crippen LogP contribution in [0.1, 0.15) is 112 Å². The maximum Gasteiger partial charge on any atom is 0.255 e. The molecule has 2 aliphatic carbocycles. The lowest BCUT2D eigenvalue weighted by atomic mass is 10.1. The number of methoxy groups -OCH3 is 2. The van der Waals surface area contributed by atoms with Gasteiger partial charge in [0.25, 0.3) is 11.8 Å². The van der Waals surface area contributed by atoms with E-state index >= 15 is 4.39 Å². The van der Waals surface area contributed by atoms with Crippen molar-refractivity contribution in [1.29, 1.82) is 0 Å². The highest BCUT2D eigenvalue weighted by Crippen LogP contribution is 2.40. The molecule has 6 aromatic rings. The third kappa shape index (κ3) is 12.3. The van der Waals surface area contributed by atoms with Crippen molar-refractivity contribution in [2.24, 2.45) is 11.5 Å². The zero-order chi connectivity index (χ0) is 57.4. The molecule has 4 atom stereocenters. The number of nitrogens with two attached hydrogens (primary N) is 4. The van der Waals surface area contributed by atoms with Gasteiger partial charge in [-0.3, -0.25) is 19.2 Å². The van der Waals surface area contributed by atoms with Crippen LogP contribution in [0.2, 0.25) is 19.6 Å². The first-order valence-corrected chi connectivity index (χ1v) is 30.0. The predicted octanol–water partition coefficient (Wildman–Crippen LogP) is 6.42. The normalized spacial score (nSPS) is 18.7. The maximum absolute atomic E-state index is 15.0. The van der Waals surface area contributed by atoms with Crippen LogP contribution in [0.5, 0.6) is 0 Å². The number of nitrogen functional groups attached to an aromatic ring is 2. The molecule has 6 heterocycles. The fourth-order valence-electron chi connectivity index (χ4n) is 10.2. The molecule has 4 aliphatic rings. The van der Waals surface area contributed by atoms with E-state index in [9.17, 15) is 23.6 Å². The molecule has 8 N–H and O–H groups in total. The second-order valence-electron chi connectivity index (χ2n) is 21.1. The Morgan fingerprint density at radius 3 is 1.52 bits per heavy atom. The van der Waals surface area contributed by atoms with Gasteiger partial charge in [0, 0.05) is 51.5 Å². The van der Waals surface area contributed by atoms with E-state index in [1.165, 1.54) is 40.4 Å². The monoisotopic (exact) mass is 1160 g/mol. The molecule has 0 unspecified atom stereocenters. The Kier molecular flexibility index (Phi) is 17.0. The number of aryl methyl sites for hydroxylation is 2. The molecule has 0 radical (unpaired) electrons. The standard InChI is InChI=1S/C26H28FN7O3.C16H19FN2Si.C13H18BrN5O3/c1-4-23(35)32-12-17(10-18(32)13-37-3)34-25(28)24(26(29)36)20(31-34)8-5-15-9-21-22(11-19(15)27)33(14(2)30-21)16-6-7-16;1-11-18-15-9-12(7-8-20(2,3)4)14(17)10-16(15)19(11)13-5-6-13;1-3-9(20)18-5-7(4-8(18)6-22-2)19-12(15)10(13(16)21)11(14)17-19/h4,9,11,16-18H,1,6-7,10,12-13,28H2,2-3H3,(H2,29,36);9-10,13H,5-6H2,1-4H3;3,7-8H,1,4-6,15H2,2H3,(H2,16,21)/t17-,18+;;7-,8+/m0.0/s1. The molecule has 2 aromatic carbocycles. The second kappa shape index (κ2) is 23.4. The van der Waals surface area contributed by atoms with E-state index in [2.05, 4.69) is 101 Å². The molecule has 79 heavy (non-hydrogen) atoms. The number of rotatable bonds is 12. The first kappa shape index (κ1) is 57.5. The second-order valence-corrected chi connectivity index (χ2v) is 26.6. The number of hydrogen-bond donors (Lipinski definition) is 4. The zero-order valence-electron chi connectivity index (χ0n) is 45.3. The van der Waals surface area contributed by atoms with Crippen molar-refractivity contribution in [2.45, 2.75) is 108 Å². The number of fused-ring (bicyclic) bond motifs is 2. The van der Waals surface area contributed by atoms with Crippen LogP contribution in [0.3, 0.4) is 0 Å². The van der Waals surface area contributed by atoms with Gasteiger partial charge in [0.15, 0.2) is 5.69 Å². The number of carbonyl (C=O) groups excluding carboxylic acids is 4. The maximum atomic E-state index is 15.0. The number of aromatic nitrogens is 8. The number of primary amides is 2. The van der Waals surface area contributed by atoms with E-state index in [4.69, 9.17) is 32.4 Å². The Morgan fingerprint density at radius 1 is 0.696 bits per heavy atom. The Labute approximate surface area is 465 Å². The van der Waals surface area contributed by atoms with Gasteiger partial charge >= 0.3 is 0 Å². The topological polar surface area (TPSA) is 269 Å². The third-order valence-corrected chi connectivity index (χ3v) is 15.5. The summed E-state index contributed by atoms with van der Waals surface area (Å²) in [5.74, 6) is 8.00. The molecular weight excluding hydrogens is 1100 g/mol. The Hall–Kier alpha value is -7.64. The van der Waals surface area contributed by atoms with Crippen molar-refractivity contribution in [3.8, 4) is 23.3 Å². The molecule has 24 heteroatoms. The summed E-state index contributed by atoms with van der Waals surface area (Å²) in [6.07, 6.45) is 8.08. The van der Waals surface area contributed by atoms with Crippen LogP contribution in [0.4, 0.5) is 20.4 Å². The first-order chi connectivity index (χ1) is 37.5. The highest BCUT2D eigenvalue weighted by atomic mass is 79.9. The van der Waals surface area contributed by atoms with Gasteiger partial charge in [-0.15, -0.1) is 5.54 Å². The highest BCUT2D eigenvalue weighted by molar-refractivity contribution is 9.10. The Bertz CT molecular complexity index is 3550. The number of ether oxygens (including phenoxy) is 2. The summed E-state index contributed by atoms with van der Waals surface area (Å²) < 4.78 is 47.2. The highest BCUT2D eigenvalue weighted by Gasteiger charge is 2.39. The van der Waals surface area contributed by atoms with Crippen LogP contribution in [0.25, 0.3) is 22.1 Å². The smallest absolute Gasteiger partial charge is 0.255 e. The summed E-state index contributed by atoms with van der Waals surface area (Å²) in [5.41, 5.74) is 30.3. The number of carbonyl (C=O) groups is 4. The van der Waals surface area contributed by atoms with Gasteiger partial charge in [-0.25, -0.2) is 28.1 Å². The number of amides is 4. The molecule has 416 valence electrons. The molecule has 0 spiro atoms. The van der Waals surface area contributed by atoms with Crippen molar-refractivity contribution in [2.75, 3.05) is 52.0 Å². The predicted molar refractivity (Wildman–Crippen MR) is 302 cm³/mol. The Balaban J connectivity index is 0.000000167. The molecule has 2 aliphatic heterocycles. The van der Waals surface area contributed by atoms with E-state index in [0.717, 1.165) is 41.0 Å². The van der Waals surface area contributed by atoms with Gasteiger partial charge in [-0.1, -0.05) is 44.6 Å². The van der Waals surface area contributed by atoms with E-state index in [1.807, 2.05) is 13.8 Å². The van der Waals surface area contributed by atoms with E-state index < -0.39 is 25.7 Å². The van der Waals surface area contributed by atoms with Crippen molar-refractivity contribution < 1.29 is 37.4 Å². The summed E-state index contributed by atoms with van der Waals surface area (Å²) >= 11 is 3.19. The average molecular weight is 1160 g/mol. The number of hydrogen-bond acceptors (Lipinski definition) is 12. The minimum Gasteiger partial charge on any atom is -0.383 e. The lowest BCUT2D eigenvalue weighted by Gasteiger charge is -2.22. The van der Waals surface area contributed by atoms with E-state index in [0.29, 0.717) is 66.9 Å². The number of imidazole rings is 2.